The number of para-hydroxylation sites is 1. The molecule has 0 amide bonds. The van der Waals surface area contributed by atoms with Gasteiger partial charge in [0.1, 0.15) is 0 Å². The third-order valence-corrected chi connectivity index (χ3v) is 3.16. The predicted octanol–water partition coefficient (Wildman–Crippen LogP) is 3.14. The standard InChI is InChI=1S/C17H15NO3/c19-15(14-5-2-9-18-12-14)8-7-13-4-1-6-16-17(13)21-11-3-10-20-16/h1-2,4-9,12H,3,10-11H2/b8-7-. The summed E-state index contributed by atoms with van der Waals surface area (Å²) in [5.74, 6) is 1.34. The van der Waals surface area contributed by atoms with Crippen molar-refractivity contribution in [2.45, 2.75) is 6.42 Å². The molecule has 0 spiro atoms. The molecular formula is C17H15NO3. The van der Waals surface area contributed by atoms with E-state index in [2.05, 4.69) is 4.98 Å². The smallest absolute Gasteiger partial charge is 0.187 e. The van der Waals surface area contributed by atoms with Crippen LogP contribution in [0.3, 0.4) is 0 Å². The minimum absolute atomic E-state index is 0.0877. The van der Waals surface area contributed by atoms with Gasteiger partial charge in [0.25, 0.3) is 0 Å². The minimum atomic E-state index is -0.0877. The maximum Gasteiger partial charge on any atom is 0.187 e. The average molecular weight is 281 g/mol. The molecule has 0 aliphatic carbocycles. The van der Waals surface area contributed by atoms with E-state index in [9.17, 15) is 4.79 Å². The monoisotopic (exact) mass is 281 g/mol. The number of ether oxygens (including phenoxy) is 2. The summed E-state index contributed by atoms with van der Waals surface area (Å²) in [5, 5.41) is 0. The zero-order valence-corrected chi connectivity index (χ0v) is 11.5. The summed E-state index contributed by atoms with van der Waals surface area (Å²) in [7, 11) is 0. The lowest BCUT2D eigenvalue weighted by molar-refractivity contribution is 0.104. The Hall–Kier alpha value is -2.62. The fourth-order valence-electron chi connectivity index (χ4n) is 2.12. The van der Waals surface area contributed by atoms with Crippen molar-refractivity contribution in [3.8, 4) is 11.5 Å². The van der Waals surface area contributed by atoms with E-state index in [1.54, 1.807) is 30.6 Å². The number of fused-ring (bicyclic) bond motifs is 1. The topological polar surface area (TPSA) is 48.4 Å². The molecule has 4 heteroatoms. The molecule has 0 N–H and O–H groups in total. The molecule has 0 unspecified atom stereocenters. The minimum Gasteiger partial charge on any atom is -0.490 e. The van der Waals surface area contributed by atoms with Crippen LogP contribution in [-0.4, -0.2) is 24.0 Å². The quantitative estimate of drug-likeness (QED) is 0.640. The number of rotatable bonds is 3. The van der Waals surface area contributed by atoms with E-state index in [0.717, 1.165) is 17.7 Å². The summed E-state index contributed by atoms with van der Waals surface area (Å²) in [6, 6.07) is 9.15. The molecule has 3 rings (SSSR count). The van der Waals surface area contributed by atoms with Crippen LogP contribution in [0.4, 0.5) is 0 Å². The van der Waals surface area contributed by atoms with Crippen LogP contribution in [0, 0.1) is 0 Å². The van der Waals surface area contributed by atoms with Gasteiger partial charge in [-0.05, 0) is 30.4 Å². The van der Waals surface area contributed by atoms with Gasteiger partial charge in [-0.25, -0.2) is 0 Å². The van der Waals surface area contributed by atoms with Gasteiger partial charge in [-0.15, -0.1) is 0 Å². The lowest BCUT2D eigenvalue weighted by Gasteiger charge is -2.09. The maximum absolute atomic E-state index is 12.1. The molecule has 1 aliphatic rings. The third-order valence-electron chi connectivity index (χ3n) is 3.16. The number of hydrogen-bond acceptors (Lipinski definition) is 4. The highest BCUT2D eigenvalue weighted by atomic mass is 16.5. The first-order valence-electron chi connectivity index (χ1n) is 6.85. The number of ketones is 1. The van der Waals surface area contributed by atoms with Crippen LogP contribution in [0.1, 0.15) is 22.3 Å². The van der Waals surface area contributed by atoms with Crippen LogP contribution < -0.4 is 9.47 Å². The fourth-order valence-corrected chi connectivity index (χ4v) is 2.12. The molecule has 21 heavy (non-hydrogen) atoms. The molecule has 1 aromatic heterocycles. The van der Waals surface area contributed by atoms with Gasteiger partial charge in [0.2, 0.25) is 0 Å². The second-order valence-corrected chi connectivity index (χ2v) is 4.66. The Bertz CT molecular complexity index is 665. The molecule has 2 aromatic rings. The zero-order valence-electron chi connectivity index (χ0n) is 11.5. The summed E-state index contributed by atoms with van der Waals surface area (Å²) in [6.45, 7) is 1.27. The van der Waals surface area contributed by atoms with E-state index in [0.29, 0.717) is 24.5 Å². The van der Waals surface area contributed by atoms with Crippen molar-refractivity contribution in [1.82, 2.24) is 4.98 Å². The fraction of sp³-hybridized carbons (Fsp3) is 0.176. The molecule has 106 valence electrons. The van der Waals surface area contributed by atoms with Crippen LogP contribution in [0.2, 0.25) is 0 Å². The molecular weight excluding hydrogens is 266 g/mol. The van der Waals surface area contributed by atoms with Crippen molar-refractivity contribution in [3.05, 3.63) is 59.9 Å². The molecule has 0 fully saturated rings. The molecule has 0 bridgehead atoms. The Kier molecular flexibility index (Phi) is 3.96. The number of carbonyl (C=O) groups excluding carboxylic acids is 1. The number of allylic oxidation sites excluding steroid dienone is 1. The highest BCUT2D eigenvalue weighted by molar-refractivity contribution is 6.06. The van der Waals surface area contributed by atoms with E-state index in [-0.39, 0.29) is 5.78 Å². The van der Waals surface area contributed by atoms with Crippen LogP contribution in [0.15, 0.2) is 48.8 Å². The summed E-state index contributed by atoms with van der Waals surface area (Å²) in [6.07, 6.45) is 7.33. The normalized spacial score (nSPS) is 13.9. The van der Waals surface area contributed by atoms with Crippen molar-refractivity contribution in [1.29, 1.82) is 0 Å². The highest BCUT2D eigenvalue weighted by Gasteiger charge is 2.13. The Morgan fingerprint density at radius 1 is 1.14 bits per heavy atom. The van der Waals surface area contributed by atoms with Gasteiger partial charge in [-0.2, -0.15) is 0 Å². The molecule has 4 nitrogen and oxygen atoms in total. The lowest BCUT2D eigenvalue weighted by Crippen LogP contribution is -1.98. The number of benzene rings is 1. The summed E-state index contributed by atoms with van der Waals surface area (Å²) < 4.78 is 11.3. The van der Waals surface area contributed by atoms with Gasteiger partial charge in [0, 0.05) is 29.9 Å². The van der Waals surface area contributed by atoms with Crippen LogP contribution in [-0.2, 0) is 0 Å². The molecule has 0 atom stereocenters. The molecule has 0 saturated heterocycles. The summed E-state index contributed by atoms with van der Waals surface area (Å²) in [4.78, 5) is 16.0. The number of aromatic nitrogens is 1. The van der Waals surface area contributed by atoms with Gasteiger partial charge >= 0.3 is 0 Å². The Labute approximate surface area is 123 Å². The first-order chi connectivity index (χ1) is 10.3. The van der Waals surface area contributed by atoms with Gasteiger partial charge in [-0.3, -0.25) is 9.78 Å². The lowest BCUT2D eigenvalue weighted by atomic mass is 10.1. The molecule has 2 heterocycles. The van der Waals surface area contributed by atoms with Gasteiger partial charge in [-0.1, -0.05) is 12.1 Å². The van der Waals surface area contributed by atoms with Gasteiger partial charge in [0.15, 0.2) is 17.3 Å². The molecule has 1 aromatic carbocycles. The van der Waals surface area contributed by atoms with Crippen molar-refractivity contribution in [2.24, 2.45) is 0 Å². The van der Waals surface area contributed by atoms with E-state index >= 15 is 0 Å². The SMILES string of the molecule is O=C(/C=C\c1cccc2c1OCCCO2)c1cccnc1. The summed E-state index contributed by atoms with van der Waals surface area (Å²) in [5.41, 5.74) is 1.40. The largest absolute Gasteiger partial charge is 0.490 e. The number of pyridine rings is 1. The van der Waals surface area contributed by atoms with Crippen molar-refractivity contribution >= 4 is 11.9 Å². The Morgan fingerprint density at radius 3 is 2.90 bits per heavy atom. The van der Waals surface area contributed by atoms with Crippen molar-refractivity contribution in [3.63, 3.8) is 0 Å². The van der Waals surface area contributed by atoms with E-state index in [1.165, 1.54) is 6.08 Å². The second-order valence-electron chi connectivity index (χ2n) is 4.66. The van der Waals surface area contributed by atoms with E-state index in [1.807, 2.05) is 18.2 Å². The first-order valence-corrected chi connectivity index (χ1v) is 6.85. The zero-order chi connectivity index (χ0) is 14.5. The summed E-state index contributed by atoms with van der Waals surface area (Å²) >= 11 is 0. The van der Waals surface area contributed by atoms with Crippen LogP contribution in [0.25, 0.3) is 6.08 Å². The average Bonchev–Trinajstić information content (AvgIpc) is 2.79. The number of hydrogen-bond donors (Lipinski definition) is 0. The van der Waals surface area contributed by atoms with Crippen LogP contribution in [0.5, 0.6) is 11.5 Å². The molecule has 1 aliphatic heterocycles. The highest BCUT2D eigenvalue weighted by Crippen LogP contribution is 2.33. The van der Waals surface area contributed by atoms with Gasteiger partial charge < -0.3 is 9.47 Å². The first kappa shape index (κ1) is 13.4. The Morgan fingerprint density at radius 2 is 2.05 bits per heavy atom. The van der Waals surface area contributed by atoms with Crippen molar-refractivity contribution < 1.29 is 14.3 Å². The predicted molar refractivity (Wildman–Crippen MR) is 79.7 cm³/mol. The molecule has 0 saturated carbocycles. The Balaban J connectivity index is 1.85. The van der Waals surface area contributed by atoms with Gasteiger partial charge in [0.05, 0.1) is 13.2 Å². The third kappa shape index (κ3) is 3.11. The molecule has 0 radical (unpaired) electrons. The van der Waals surface area contributed by atoms with E-state index < -0.39 is 0 Å². The van der Waals surface area contributed by atoms with Crippen molar-refractivity contribution in [2.75, 3.05) is 13.2 Å². The maximum atomic E-state index is 12.1. The number of carbonyl (C=O) groups is 1. The van der Waals surface area contributed by atoms with E-state index in [4.69, 9.17) is 9.47 Å². The second kappa shape index (κ2) is 6.22. The number of nitrogens with zero attached hydrogens (tertiary/aromatic N) is 1. The van der Waals surface area contributed by atoms with Crippen LogP contribution >= 0.6 is 0 Å².